The average Bonchev–Trinajstić information content (AvgIpc) is 2.63. The average molecular weight is 398 g/mol. The van der Waals surface area contributed by atoms with Crippen LogP contribution >= 0.6 is 23.4 Å². The molecule has 1 aliphatic rings. The van der Waals surface area contributed by atoms with E-state index in [1.807, 2.05) is 30.3 Å². The number of likely N-dealkylation sites (tertiary alicyclic amines) is 1. The standard InChI is InChI=1S/C20H16ClN3O2S/c1-2-19(25)24-11-14(12-24)20(26)23-16-4-6-17(7-5-16)27-18-8-3-15(21)9-13(18)10-22/h2-9,14H,1,11-12H2,(H,23,26). The summed E-state index contributed by atoms with van der Waals surface area (Å²) >= 11 is 7.37. The van der Waals surface area contributed by atoms with E-state index in [1.165, 1.54) is 17.8 Å². The molecule has 0 atom stereocenters. The van der Waals surface area contributed by atoms with Gasteiger partial charge in [-0.1, -0.05) is 29.9 Å². The lowest BCUT2D eigenvalue weighted by molar-refractivity contribution is -0.137. The second-order valence-corrected chi connectivity index (χ2v) is 7.56. The number of rotatable bonds is 5. The van der Waals surface area contributed by atoms with E-state index >= 15 is 0 Å². The SMILES string of the molecule is C=CC(=O)N1CC(C(=O)Nc2ccc(Sc3ccc(Cl)cc3C#N)cc2)C1. The first kappa shape index (κ1) is 19.0. The topological polar surface area (TPSA) is 73.2 Å². The largest absolute Gasteiger partial charge is 0.337 e. The summed E-state index contributed by atoms with van der Waals surface area (Å²) in [5.74, 6) is -0.456. The summed E-state index contributed by atoms with van der Waals surface area (Å²) < 4.78 is 0. The van der Waals surface area contributed by atoms with Gasteiger partial charge in [0.25, 0.3) is 0 Å². The predicted octanol–water partition coefficient (Wildman–Crippen LogP) is 3.95. The second-order valence-electron chi connectivity index (χ2n) is 6.01. The minimum absolute atomic E-state index is 0.104. The number of nitriles is 1. The van der Waals surface area contributed by atoms with Crippen molar-refractivity contribution in [1.82, 2.24) is 4.90 Å². The molecule has 2 amide bonds. The molecular formula is C20H16ClN3O2S. The van der Waals surface area contributed by atoms with E-state index in [2.05, 4.69) is 18.0 Å². The van der Waals surface area contributed by atoms with E-state index in [0.29, 0.717) is 29.4 Å². The summed E-state index contributed by atoms with van der Waals surface area (Å²) in [6.07, 6.45) is 1.25. The fourth-order valence-electron chi connectivity index (χ4n) is 2.61. The lowest BCUT2D eigenvalue weighted by atomic mass is 9.99. The van der Waals surface area contributed by atoms with Crippen molar-refractivity contribution in [3.05, 3.63) is 65.7 Å². The number of benzene rings is 2. The van der Waals surface area contributed by atoms with Gasteiger partial charge in [-0.25, -0.2) is 0 Å². The lowest BCUT2D eigenvalue weighted by Gasteiger charge is -2.37. The Morgan fingerprint density at radius 1 is 1.26 bits per heavy atom. The lowest BCUT2D eigenvalue weighted by Crippen LogP contribution is -2.53. The molecule has 5 nitrogen and oxygen atoms in total. The highest BCUT2D eigenvalue weighted by Crippen LogP contribution is 2.32. The van der Waals surface area contributed by atoms with Gasteiger partial charge < -0.3 is 10.2 Å². The minimum Gasteiger partial charge on any atom is -0.337 e. The number of carbonyl (C=O) groups is 2. The summed E-state index contributed by atoms with van der Waals surface area (Å²) in [6.45, 7) is 4.27. The molecule has 3 rings (SSSR count). The number of anilines is 1. The first-order valence-electron chi connectivity index (χ1n) is 8.20. The van der Waals surface area contributed by atoms with Gasteiger partial charge in [-0.15, -0.1) is 0 Å². The van der Waals surface area contributed by atoms with Crippen LogP contribution in [0.15, 0.2) is 64.9 Å². The maximum atomic E-state index is 12.2. The maximum Gasteiger partial charge on any atom is 0.246 e. The molecule has 0 saturated carbocycles. The zero-order valence-electron chi connectivity index (χ0n) is 14.3. The van der Waals surface area contributed by atoms with Crippen molar-refractivity contribution >= 4 is 40.9 Å². The van der Waals surface area contributed by atoms with E-state index in [-0.39, 0.29) is 17.7 Å². The third-order valence-corrected chi connectivity index (χ3v) is 5.47. The molecule has 2 aromatic rings. The Hall–Kier alpha value is -2.75. The molecule has 136 valence electrons. The molecule has 1 heterocycles. The monoisotopic (exact) mass is 397 g/mol. The highest BCUT2D eigenvalue weighted by Gasteiger charge is 2.34. The van der Waals surface area contributed by atoms with E-state index in [4.69, 9.17) is 11.6 Å². The maximum absolute atomic E-state index is 12.2. The van der Waals surface area contributed by atoms with Crippen LogP contribution in [0, 0.1) is 17.2 Å². The van der Waals surface area contributed by atoms with Gasteiger partial charge in [-0.2, -0.15) is 5.26 Å². The number of carbonyl (C=O) groups excluding carboxylic acids is 2. The Morgan fingerprint density at radius 3 is 2.59 bits per heavy atom. The van der Waals surface area contributed by atoms with Crippen molar-refractivity contribution < 1.29 is 9.59 Å². The van der Waals surface area contributed by atoms with E-state index < -0.39 is 0 Å². The normalized spacial score (nSPS) is 13.4. The van der Waals surface area contributed by atoms with Gasteiger partial charge in [0.05, 0.1) is 11.5 Å². The summed E-state index contributed by atoms with van der Waals surface area (Å²) in [5.41, 5.74) is 1.21. The van der Waals surface area contributed by atoms with Crippen molar-refractivity contribution in [3.8, 4) is 6.07 Å². The van der Waals surface area contributed by atoms with Gasteiger partial charge in [-0.3, -0.25) is 9.59 Å². The van der Waals surface area contributed by atoms with Crippen LogP contribution in [-0.2, 0) is 9.59 Å². The van der Waals surface area contributed by atoms with Crippen LogP contribution in [0.3, 0.4) is 0 Å². The van der Waals surface area contributed by atoms with Crippen LogP contribution in [0.2, 0.25) is 5.02 Å². The Balaban J connectivity index is 1.58. The van der Waals surface area contributed by atoms with Gasteiger partial charge in [0.15, 0.2) is 0 Å². The Labute approximate surface area is 166 Å². The smallest absolute Gasteiger partial charge is 0.246 e. The molecule has 0 radical (unpaired) electrons. The highest BCUT2D eigenvalue weighted by molar-refractivity contribution is 7.99. The molecule has 7 heteroatoms. The zero-order valence-corrected chi connectivity index (χ0v) is 15.9. The quantitative estimate of drug-likeness (QED) is 0.775. The van der Waals surface area contributed by atoms with Gasteiger partial charge >= 0.3 is 0 Å². The number of hydrogen-bond acceptors (Lipinski definition) is 4. The van der Waals surface area contributed by atoms with E-state index in [0.717, 1.165) is 9.79 Å². The van der Waals surface area contributed by atoms with Crippen LogP contribution in [0.5, 0.6) is 0 Å². The molecule has 27 heavy (non-hydrogen) atoms. The fraction of sp³-hybridized carbons (Fsp3) is 0.150. The third-order valence-electron chi connectivity index (χ3n) is 4.15. The molecular weight excluding hydrogens is 382 g/mol. The van der Waals surface area contributed by atoms with Crippen LogP contribution in [0.25, 0.3) is 0 Å². The number of nitrogens with zero attached hydrogens (tertiary/aromatic N) is 2. The van der Waals surface area contributed by atoms with Crippen molar-refractivity contribution in [1.29, 1.82) is 5.26 Å². The summed E-state index contributed by atoms with van der Waals surface area (Å²) in [6, 6.07) is 14.7. The highest BCUT2D eigenvalue weighted by atomic mass is 35.5. The summed E-state index contributed by atoms with van der Waals surface area (Å²) in [7, 11) is 0. The van der Waals surface area contributed by atoms with Crippen molar-refractivity contribution in [2.75, 3.05) is 18.4 Å². The van der Waals surface area contributed by atoms with Gasteiger partial charge in [0, 0.05) is 33.6 Å². The van der Waals surface area contributed by atoms with Gasteiger partial charge in [-0.05, 0) is 48.5 Å². The second kappa shape index (κ2) is 8.30. The van der Waals surface area contributed by atoms with Crippen LogP contribution < -0.4 is 5.32 Å². The molecule has 1 fully saturated rings. The molecule has 1 N–H and O–H groups in total. The fourth-order valence-corrected chi connectivity index (χ4v) is 3.66. The Kier molecular flexibility index (Phi) is 5.84. The van der Waals surface area contributed by atoms with Crippen LogP contribution in [0.1, 0.15) is 5.56 Å². The van der Waals surface area contributed by atoms with Crippen LogP contribution in [-0.4, -0.2) is 29.8 Å². The van der Waals surface area contributed by atoms with Crippen LogP contribution in [0.4, 0.5) is 5.69 Å². The molecule has 0 unspecified atom stereocenters. The number of nitrogens with one attached hydrogen (secondary N) is 1. The minimum atomic E-state index is -0.199. The van der Waals surface area contributed by atoms with Gasteiger partial charge in [0.2, 0.25) is 11.8 Å². The Morgan fingerprint density at radius 2 is 1.96 bits per heavy atom. The summed E-state index contributed by atoms with van der Waals surface area (Å²) in [5, 5.41) is 12.6. The number of halogens is 1. The van der Waals surface area contributed by atoms with Crippen molar-refractivity contribution in [2.45, 2.75) is 9.79 Å². The summed E-state index contributed by atoms with van der Waals surface area (Å²) in [4.78, 5) is 27.0. The zero-order chi connectivity index (χ0) is 19.4. The van der Waals surface area contributed by atoms with E-state index in [1.54, 1.807) is 17.0 Å². The third kappa shape index (κ3) is 4.51. The molecule has 0 aromatic heterocycles. The van der Waals surface area contributed by atoms with Crippen molar-refractivity contribution in [2.24, 2.45) is 5.92 Å². The number of amides is 2. The van der Waals surface area contributed by atoms with Crippen molar-refractivity contribution in [3.63, 3.8) is 0 Å². The first-order valence-corrected chi connectivity index (χ1v) is 9.39. The molecule has 1 aliphatic heterocycles. The first-order chi connectivity index (χ1) is 13.0. The molecule has 0 bridgehead atoms. The number of hydrogen-bond donors (Lipinski definition) is 1. The van der Waals surface area contributed by atoms with E-state index in [9.17, 15) is 14.9 Å². The molecule has 0 spiro atoms. The van der Waals surface area contributed by atoms with Gasteiger partial charge in [0.1, 0.15) is 6.07 Å². The molecule has 0 aliphatic carbocycles. The molecule has 2 aromatic carbocycles. The molecule has 1 saturated heterocycles. The Bertz CT molecular complexity index is 931. The predicted molar refractivity (Wildman–Crippen MR) is 106 cm³/mol.